The Bertz CT molecular complexity index is 635. The van der Waals surface area contributed by atoms with Crippen LogP contribution in [0.1, 0.15) is 18.9 Å². The second kappa shape index (κ2) is 5.00. The molecule has 1 aromatic heterocycles. The van der Waals surface area contributed by atoms with Gasteiger partial charge in [-0.25, -0.2) is 0 Å². The number of carbonyl (C=O) groups excluding carboxylic acids is 2. The predicted octanol–water partition coefficient (Wildman–Crippen LogP) is 2.74. The summed E-state index contributed by atoms with van der Waals surface area (Å²) < 4.78 is 2.03. The van der Waals surface area contributed by atoms with E-state index < -0.39 is 0 Å². The highest BCUT2D eigenvalue weighted by Gasteiger charge is 2.01. The molecule has 0 amide bonds. The number of hydrogen-bond acceptors (Lipinski definition) is 2. The predicted molar refractivity (Wildman–Crippen MR) is 72.3 cm³/mol. The molecule has 0 radical (unpaired) electrons. The van der Waals surface area contributed by atoms with E-state index in [4.69, 9.17) is 0 Å². The van der Waals surface area contributed by atoms with Gasteiger partial charge in [0.1, 0.15) is 5.78 Å². The van der Waals surface area contributed by atoms with Crippen LogP contribution in [0.5, 0.6) is 0 Å². The molecule has 0 unspecified atom stereocenters. The Morgan fingerprint density at radius 2 is 2.06 bits per heavy atom. The van der Waals surface area contributed by atoms with Gasteiger partial charge >= 0.3 is 0 Å². The summed E-state index contributed by atoms with van der Waals surface area (Å²) in [6, 6.07) is 8.04. The zero-order valence-corrected chi connectivity index (χ0v) is 10.5. The van der Waals surface area contributed by atoms with Crippen LogP contribution in [-0.4, -0.2) is 16.1 Å². The second-order valence-electron chi connectivity index (χ2n) is 4.42. The molecule has 0 saturated heterocycles. The number of aryl methyl sites for hydroxylation is 1. The second-order valence-corrected chi connectivity index (χ2v) is 4.42. The Balaban J connectivity index is 2.21. The number of Topliss-reactive ketones (excluding diaryl/α,β-unsaturated/α-hetero) is 1. The highest BCUT2D eigenvalue weighted by molar-refractivity contribution is 6.05. The molecule has 3 heteroatoms. The smallest absolute Gasteiger partial charge is 0.163 e. The van der Waals surface area contributed by atoms with E-state index in [1.807, 2.05) is 42.1 Å². The summed E-state index contributed by atoms with van der Waals surface area (Å²) in [5.74, 6) is -0.267. The first-order chi connectivity index (χ1) is 8.56. The number of benzene rings is 1. The van der Waals surface area contributed by atoms with E-state index in [0.29, 0.717) is 0 Å². The van der Waals surface area contributed by atoms with Gasteiger partial charge in [0.05, 0.1) is 6.42 Å². The van der Waals surface area contributed by atoms with E-state index in [1.54, 1.807) is 6.08 Å². The van der Waals surface area contributed by atoms with Crippen molar-refractivity contribution in [2.75, 3.05) is 0 Å². The molecule has 0 atom stereocenters. The Kier molecular flexibility index (Phi) is 3.42. The quantitative estimate of drug-likeness (QED) is 0.610. The Morgan fingerprint density at radius 1 is 1.28 bits per heavy atom. The lowest BCUT2D eigenvalue weighted by Crippen LogP contribution is -1.99. The molecule has 0 aliphatic rings. The number of fused-ring (bicyclic) bond motifs is 1. The molecule has 2 rings (SSSR count). The minimum atomic E-state index is -0.158. The van der Waals surface area contributed by atoms with Gasteiger partial charge in [-0.05, 0) is 36.1 Å². The molecule has 0 saturated carbocycles. The molecule has 0 aliphatic carbocycles. The number of ketones is 2. The van der Waals surface area contributed by atoms with Gasteiger partial charge in [-0.2, -0.15) is 0 Å². The Morgan fingerprint density at radius 3 is 2.78 bits per heavy atom. The van der Waals surface area contributed by atoms with Crippen LogP contribution in [0, 0.1) is 0 Å². The topological polar surface area (TPSA) is 39.1 Å². The van der Waals surface area contributed by atoms with Crippen LogP contribution < -0.4 is 0 Å². The molecule has 1 aromatic carbocycles. The SMILES string of the molecule is CC(=O)CC(=O)/C=C/c1ccc2ccn(C)c2c1. The van der Waals surface area contributed by atoms with E-state index in [1.165, 1.54) is 18.4 Å². The number of carbonyl (C=O) groups is 2. The Hall–Kier alpha value is -2.16. The molecule has 0 N–H and O–H groups in total. The van der Waals surface area contributed by atoms with Gasteiger partial charge in [0, 0.05) is 18.8 Å². The lowest BCUT2D eigenvalue weighted by molar-refractivity contribution is -0.123. The van der Waals surface area contributed by atoms with Gasteiger partial charge in [-0.15, -0.1) is 0 Å². The van der Waals surface area contributed by atoms with Crippen molar-refractivity contribution in [3.63, 3.8) is 0 Å². The summed E-state index contributed by atoms with van der Waals surface area (Å²) in [6.07, 6.45) is 5.19. The fourth-order valence-electron chi connectivity index (χ4n) is 1.88. The third kappa shape index (κ3) is 2.74. The number of nitrogens with zero attached hydrogens (tertiary/aromatic N) is 1. The van der Waals surface area contributed by atoms with Gasteiger partial charge in [0.2, 0.25) is 0 Å². The van der Waals surface area contributed by atoms with E-state index >= 15 is 0 Å². The fraction of sp³-hybridized carbons (Fsp3) is 0.200. The first-order valence-corrected chi connectivity index (χ1v) is 5.82. The fourth-order valence-corrected chi connectivity index (χ4v) is 1.88. The maximum atomic E-state index is 11.4. The first-order valence-electron chi connectivity index (χ1n) is 5.82. The molecule has 3 nitrogen and oxygen atoms in total. The summed E-state index contributed by atoms with van der Waals surface area (Å²) >= 11 is 0. The summed E-state index contributed by atoms with van der Waals surface area (Å²) in [4.78, 5) is 22.2. The van der Waals surface area contributed by atoms with Crippen LogP contribution in [0.3, 0.4) is 0 Å². The zero-order valence-electron chi connectivity index (χ0n) is 10.5. The normalized spacial score (nSPS) is 11.2. The number of allylic oxidation sites excluding steroid dienone is 1. The van der Waals surface area contributed by atoms with Gasteiger partial charge in [0.25, 0.3) is 0 Å². The van der Waals surface area contributed by atoms with E-state index in [0.717, 1.165) is 11.1 Å². The molecule has 92 valence electrons. The summed E-state index contributed by atoms with van der Waals surface area (Å²) in [6.45, 7) is 1.42. The number of hydrogen-bond donors (Lipinski definition) is 0. The van der Waals surface area contributed by atoms with Gasteiger partial charge in [-0.1, -0.05) is 18.2 Å². The van der Waals surface area contributed by atoms with Gasteiger partial charge < -0.3 is 4.57 Å². The third-order valence-electron chi connectivity index (χ3n) is 2.80. The summed E-state index contributed by atoms with van der Waals surface area (Å²) in [7, 11) is 1.98. The van der Waals surface area contributed by atoms with Crippen molar-refractivity contribution >= 4 is 28.5 Å². The van der Waals surface area contributed by atoms with Crippen molar-refractivity contribution in [2.45, 2.75) is 13.3 Å². The van der Waals surface area contributed by atoms with Crippen LogP contribution in [0.15, 0.2) is 36.5 Å². The zero-order chi connectivity index (χ0) is 13.1. The Labute approximate surface area is 106 Å². The monoisotopic (exact) mass is 241 g/mol. The number of rotatable bonds is 4. The highest BCUT2D eigenvalue weighted by Crippen LogP contribution is 2.17. The van der Waals surface area contributed by atoms with Gasteiger partial charge in [0.15, 0.2) is 5.78 Å². The maximum absolute atomic E-state index is 11.4. The number of aromatic nitrogens is 1. The minimum absolute atomic E-state index is 0.0249. The van der Waals surface area contributed by atoms with E-state index in [9.17, 15) is 9.59 Å². The van der Waals surface area contributed by atoms with Crippen LogP contribution in [0.25, 0.3) is 17.0 Å². The lowest BCUT2D eigenvalue weighted by atomic mass is 10.1. The molecule has 0 aliphatic heterocycles. The third-order valence-corrected chi connectivity index (χ3v) is 2.80. The summed E-state index contributed by atoms with van der Waals surface area (Å²) in [5.41, 5.74) is 2.08. The standard InChI is InChI=1S/C15H15NO2/c1-11(17)9-14(18)6-4-12-3-5-13-7-8-16(2)15(13)10-12/h3-8,10H,9H2,1-2H3/b6-4+. The minimum Gasteiger partial charge on any atom is -0.351 e. The molecule has 0 bridgehead atoms. The molecular weight excluding hydrogens is 226 g/mol. The van der Waals surface area contributed by atoms with Crippen molar-refractivity contribution in [3.05, 3.63) is 42.1 Å². The summed E-state index contributed by atoms with van der Waals surface area (Å²) in [5, 5.41) is 1.17. The molecule has 18 heavy (non-hydrogen) atoms. The molecule has 0 spiro atoms. The maximum Gasteiger partial charge on any atom is 0.163 e. The van der Waals surface area contributed by atoms with Crippen molar-refractivity contribution in [2.24, 2.45) is 7.05 Å². The molecule has 0 fully saturated rings. The van der Waals surface area contributed by atoms with E-state index in [-0.39, 0.29) is 18.0 Å². The highest BCUT2D eigenvalue weighted by atomic mass is 16.1. The van der Waals surface area contributed by atoms with Crippen LogP contribution in [0.2, 0.25) is 0 Å². The van der Waals surface area contributed by atoms with Crippen molar-refractivity contribution in [1.29, 1.82) is 0 Å². The van der Waals surface area contributed by atoms with Crippen LogP contribution in [0.4, 0.5) is 0 Å². The van der Waals surface area contributed by atoms with Crippen molar-refractivity contribution in [3.8, 4) is 0 Å². The van der Waals surface area contributed by atoms with Crippen LogP contribution >= 0.6 is 0 Å². The van der Waals surface area contributed by atoms with Crippen molar-refractivity contribution < 1.29 is 9.59 Å². The van der Waals surface area contributed by atoms with E-state index in [2.05, 4.69) is 0 Å². The van der Waals surface area contributed by atoms with Gasteiger partial charge in [-0.3, -0.25) is 9.59 Å². The molecular formula is C15H15NO2. The molecule has 2 aromatic rings. The lowest BCUT2D eigenvalue weighted by Gasteiger charge is -1.98. The largest absolute Gasteiger partial charge is 0.351 e. The van der Waals surface area contributed by atoms with Crippen molar-refractivity contribution in [1.82, 2.24) is 4.57 Å². The molecule has 1 heterocycles. The average molecular weight is 241 g/mol. The average Bonchev–Trinajstić information content (AvgIpc) is 2.68. The van der Waals surface area contributed by atoms with Crippen LogP contribution in [-0.2, 0) is 16.6 Å². The first kappa shape index (κ1) is 12.3.